The van der Waals surface area contributed by atoms with Crippen molar-refractivity contribution in [1.29, 1.82) is 0 Å². The van der Waals surface area contributed by atoms with Crippen LogP contribution >= 0.6 is 11.6 Å². The predicted octanol–water partition coefficient (Wildman–Crippen LogP) is 3.60. The van der Waals surface area contributed by atoms with Crippen LogP contribution in [0, 0.1) is 0 Å². The van der Waals surface area contributed by atoms with Crippen molar-refractivity contribution in [3.8, 4) is 5.75 Å². The normalized spacial score (nSPS) is 15.1. The molecule has 1 amide bonds. The highest BCUT2D eigenvalue weighted by molar-refractivity contribution is 6.31. The molecule has 0 atom stereocenters. The van der Waals surface area contributed by atoms with Gasteiger partial charge in [-0.05, 0) is 37.5 Å². The number of rotatable bonds is 7. The number of carbonyl (C=O) groups is 1. The highest BCUT2D eigenvalue weighted by atomic mass is 35.5. The fourth-order valence-corrected chi connectivity index (χ4v) is 2.67. The van der Waals surface area contributed by atoms with Crippen LogP contribution in [0.1, 0.15) is 39.0 Å². The molecule has 2 N–H and O–H groups in total. The smallest absolute Gasteiger partial charge is 0.238 e. The molecule has 0 saturated heterocycles. The van der Waals surface area contributed by atoms with Crippen LogP contribution in [-0.4, -0.2) is 25.1 Å². The number of amides is 1. The molecule has 116 valence electrons. The second-order valence-electron chi connectivity index (χ2n) is 5.40. The number of halogens is 1. The van der Waals surface area contributed by atoms with E-state index in [4.69, 9.17) is 16.3 Å². The van der Waals surface area contributed by atoms with Crippen molar-refractivity contribution < 1.29 is 9.53 Å². The minimum absolute atomic E-state index is 0.0643. The van der Waals surface area contributed by atoms with Gasteiger partial charge in [0.25, 0.3) is 0 Å². The Bertz CT molecular complexity index is 473. The first-order valence-electron chi connectivity index (χ1n) is 7.64. The van der Waals surface area contributed by atoms with E-state index < -0.39 is 0 Å². The maximum atomic E-state index is 12.0. The van der Waals surface area contributed by atoms with Crippen molar-refractivity contribution in [3.63, 3.8) is 0 Å². The largest absolute Gasteiger partial charge is 0.491 e. The van der Waals surface area contributed by atoms with Gasteiger partial charge in [0.15, 0.2) is 0 Å². The molecule has 1 fully saturated rings. The summed E-state index contributed by atoms with van der Waals surface area (Å²) in [6.45, 7) is 2.98. The number of benzene rings is 1. The van der Waals surface area contributed by atoms with Crippen LogP contribution in [0.25, 0.3) is 0 Å². The van der Waals surface area contributed by atoms with Crippen LogP contribution in [0.2, 0.25) is 5.02 Å². The fraction of sp³-hybridized carbons (Fsp3) is 0.562. The Morgan fingerprint density at radius 1 is 1.38 bits per heavy atom. The monoisotopic (exact) mass is 310 g/mol. The lowest BCUT2D eigenvalue weighted by Gasteiger charge is -2.14. The molecule has 2 rings (SSSR count). The van der Waals surface area contributed by atoms with E-state index in [9.17, 15) is 4.79 Å². The predicted molar refractivity (Wildman–Crippen MR) is 86.1 cm³/mol. The fourth-order valence-electron chi connectivity index (χ4n) is 2.50. The van der Waals surface area contributed by atoms with Crippen molar-refractivity contribution in [1.82, 2.24) is 5.32 Å². The molecule has 1 aliphatic rings. The number of carbonyl (C=O) groups excluding carboxylic acids is 1. The summed E-state index contributed by atoms with van der Waals surface area (Å²) >= 11 is 5.99. The minimum atomic E-state index is -0.0643. The van der Waals surface area contributed by atoms with Crippen LogP contribution in [0.15, 0.2) is 18.2 Å². The van der Waals surface area contributed by atoms with Crippen molar-refractivity contribution >= 4 is 23.2 Å². The van der Waals surface area contributed by atoms with E-state index in [2.05, 4.69) is 10.6 Å². The van der Waals surface area contributed by atoms with Gasteiger partial charge < -0.3 is 15.4 Å². The Labute approximate surface area is 131 Å². The molecule has 0 heterocycles. The molecular weight excluding hydrogens is 288 g/mol. The molecule has 1 saturated carbocycles. The standard InChI is InChI=1S/C16H23ClN2O2/c1-2-9-21-15-8-7-12(17)10-14(15)19-16(20)11-18-13-5-3-4-6-13/h7-8,10,13,18H,2-6,9,11H2,1H3,(H,19,20). The summed E-state index contributed by atoms with van der Waals surface area (Å²) in [5.41, 5.74) is 0.633. The molecule has 0 radical (unpaired) electrons. The lowest BCUT2D eigenvalue weighted by atomic mass is 10.2. The zero-order chi connectivity index (χ0) is 15.1. The lowest BCUT2D eigenvalue weighted by molar-refractivity contribution is -0.115. The minimum Gasteiger partial charge on any atom is -0.491 e. The van der Waals surface area contributed by atoms with Crippen LogP contribution in [0.3, 0.4) is 0 Å². The summed E-state index contributed by atoms with van der Waals surface area (Å²) in [7, 11) is 0. The van der Waals surface area contributed by atoms with E-state index in [1.165, 1.54) is 12.8 Å². The van der Waals surface area contributed by atoms with Crippen LogP contribution < -0.4 is 15.4 Å². The average molecular weight is 311 g/mol. The van der Waals surface area contributed by atoms with Gasteiger partial charge in [0.05, 0.1) is 18.8 Å². The Morgan fingerprint density at radius 2 is 2.14 bits per heavy atom. The number of hydrogen-bond donors (Lipinski definition) is 2. The van der Waals surface area contributed by atoms with E-state index in [0.717, 1.165) is 19.3 Å². The van der Waals surface area contributed by atoms with E-state index in [1.54, 1.807) is 18.2 Å². The third-order valence-corrected chi connectivity index (χ3v) is 3.82. The summed E-state index contributed by atoms with van der Waals surface area (Å²) in [5.74, 6) is 0.598. The molecule has 0 aliphatic heterocycles. The molecule has 0 unspecified atom stereocenters. The maximum Gasteiger partial charge on any atom is 0.238 e. The van der Waals surface area contributed by atoms with Crippen molar-refractivity contribution in [2.24, 2.45) is 0 Å². The molecule has 0 bridgehead atoms. The topological polar surface area (TPSA) is 50.4 Å². The van der Waals surface area contributed by atoms with Gasteiger partial charge in [-0.2, -0.15) is 0 Å². The maximum absolute atomic E-state index is 12.0. The van der Waals surface area contributed by atoms with E-state index in [-0.39, 0.29) is 5.91 Å². The summed E-state index contributed by atoms with van der Waals surface area (Å²) in [4.78, 5) is 12.0. The third-order valence-electron chi connectivity index (χ3n) is 3.58. The van der Waals surface area contributed by atoms with Gasteiger partial charge in [-0.1, -0.05) is 31.4 Å². The summed E-state index contributed by atoms with van der Waals surface area (Å²) in [6, 6.07) is 5.75. The SMILES string of the molecule is CCCOc1ccc(Cl)cc1NC(=O)CNC1CCCC1. The molecule has 0 aromatic heterocycles. The number of nitrogens with one attached hydrogen (secondary N) is 2. The Hall–Kier alpha value is -1.26. The number of hydrogen-bond acceptors (Lipinski definition) is 3. The van der Waals surface area contributed by atoms with E-state index in [0.29, 0.717) is 35.7 Å². The first-order chi connectivity index (χ1) is 10.2. The van der Waals surface area contributed by atoms with Crippen molar-refractivity contribution in [3.05, 3.63) is 23.2 Å². The van der Waals surface area contributed by atoms with Gasteiger partial charge in [0, 0.05) is 11.1 Å². The van der Waals surface area contributed by atoms with E-state index >= 15 is 0 Å². The first kappa shape index (κ1) is 16.1. The Morgan fingerprint density at radius 3 is 2.86 bits per heavy atom. The molecule has 1 aliphatic carbocycles. The lowest BCUT2D eigenvalue weighted by Crippen LogP contribution is -2.34. The van der Waals surface area contributed by atoms with Crippen LogP contribution in [0.5, 0.6) is 5.75 Å². The molecular formula is C16H23ClN2O2. The summed E-state index contributed by atoms with van der Waals surface area (Å²) in [5, 5.41) is 6.75. The van der Waals surface area contributed by atoms with Crippen molar-refractivity contribution in [2.75, 3.05) is 18.5 Å². The Kier molecular flexibility index (Phi) is 6.33. The molecule has 1 aromatic carbocycles. The van der Waals surface area contributed by atoms with Gasteiger partial charge in [-0.3, -0.25) is 4.79 Å². The van der Waals surface area contributed by atoms with Gasteiger partial charge >= 0.3 is 0 Å². The average Bonchev–Trinajstić information content (AvgIpc) is 2.98. The summed E-state index contributed by atoms with van der Waals surface area (Å²) < 4.78 is 5.63. The number of ether oxygens (including phenoxy) is 1. The van der Waals surface area contributed by atoms with Gasteiger partial charge in [0.2, 0.25) is 5.91 Å². The highest BCUT2D eigenvalue weighted by Gasteiger charge is 2.16. The quantitative estimate of drug-likeness (QED) is 0.809. The zero-order valence-electron chi connectivity index (χ0n) is 12.5. The second kappa shape index (κ2) is 8.25. The second-order valence-corrected chi connectivity index (χ2v) is 5.84. The molecule has 1 aromatic rings. The molecule has 4 nitrogen and oxygen atoms in total. The molecule has 21 heavy (non-hydrogen) atoms. The van der Waals surface area contributed by atoms with Gasteiger partial charge in [-0.25, -0.2) is 0 Å². The molecule has 0 spiro atoms. The van der Waals surface area contributed by atoms with Gasteiger partial charge in [-0.15, -0.1) is 0 Å². The van der Waals surface area contributed by atoms with Crippen molar-refractivity contribution in [2.45, 2.75) is 45.1 Å². The summed E-state index contributed by atoms with van der Waals surface area (Å²) in [6.07, 6.45) is 5.75. The molecule has 5 heteroatoms. The van der Waals surface area contributed by atoms with Gasteiger partial charge in [0.1, 0.15) is 5.75 Å². The third kappa shape index (κ3) is 5.21. The highest BCUT2D eigenvalue weighted by Crippen LogP contribution is 2.28. The van der Waals surface area contributed by atoms with E-state index in [1.807, 2.05) is 6.92 Å². The zero-order valence-corrected chi connectivity index (χ0v) is 13.2. The van der Waals surface area contributed by atoms with Crippen LogP contribution in [0.4, 0.5) is 5.69 Å². The van der Waals surface area contributed by atoms with Crippen LogP contribution in [-0.2, 0) is 4.79 Å². The number of anilines is 1. The first-order valence-corrected chi connectivity index (χ1v) is 8.02. The Balaban J connectivity index is 1.90.